The lowest BCUT2D eigenvalue weighted by atomic mass is 10.1. The number of aromatic nitrogens is 3. The molecular weight excluding hydrogens is 373 g/mol. The first-order chi connectivity index (χ1) is 13.4. The molecule has 144 valence electrons. The summed E-state index contributed by atoms with van der Waals surface area (Å²) in [6.45, 7) is 0. The van der Waals surface area contributed by atoms with Gasteiger partial charge in [-0.15, -0.1) is 0 Å². The van der Waals surface area contributed by atoms with E-state index in [0.29, 0.717) is 11.3 Å². The van der Waals surface area contributed by atoms with Crippen LogP contribution in [-0.2, 0) is 11.0 Å². The maximum absolute atomic E-state index is 13.0. The van der Waals surface area contributed by atoms with E-state index in [4.69, 9.17) is 4.74 Å². The van der Waals surface area contributed by atoms with Gasteiger partial charge in [-0.2, -0.15) is 18.3 Å². The number of methoxy groups -OCH3 is 1. The number of rotatable bonds is 5. The molecule has 0 atom stereocenters. The van der Waals surface area contributed by atoms with Gasteiger partial charge in [-0.25, -0.2) is 9.67 Å². The van der Waals surface area contributed by atoms with Gasteiger partial charge in [-0.3, -0.25) is 4.79 Å². The summed E-state index contributed by atoms with van der Waals surface area (Å²) in [5.74, 6) is 0.0254. The fraction of sp³-hybridized carbons (Fsp3) is 0.105. The molecule has 0 bridgehead atoms. The van der Waals surface area contributed by atoms with Gasteiger partial charge in [0.1, 0.15) is 18.4 Å². The van der Waals surface area contributed by atoms with Crippen molar-refractivity contribution in [2.24, 2.45) is 0 Å². The van der Waals surface area contributed by atoms with Gasteiger partial charge < -0.3 is 10.1 Å². The van der Waals surface area contributed by atoms with E-state index < -0.39 is 17.6 Å². The van der Waals surface area contributed by atoms with Crippen molar-refractivity contribution in [2.45, 2.75) is 6.18 Å². The van der Waals surface area contributed by atoms with Crippen molar-refractivity contribution in [1.29, 1.82) is 0 Å². The Labute approximate surface area is 158 Å². The molecule has 1 aromatic heterocycles. The average Bonchev–Trinajstić information content (AvgIpc) is 3.20. The highest BCUT2D eigenvalue weighted by Gasteiger charge is 2.31. The number of anilines is 1. The molecule has 3 aromatic rings. The van der Waals surface area contributed by atoms with Crippen LogP contribution in [0.1, 0.15) is 11.1 Å². The topological polar surface area (TPSA) is 69.0 Å². The first-order valence-electron chi connectivity index (χ1n) is 8.06. The number of hydrogen-bond acceptors (Lipinski definition) is 4. The molecule has 0 saturated carbocycles. The number of alkyl halides is 3. The molecule has 0 unspecified atom stereocenters. The van der Waals surface area contributed by atoms with Crippen LogP contribution in [0.5, 0.6) is 5.75 Å². The Morgan fingerprint density at radius 1 is 1.21 bits per heavy atom. The number of carbonyl (C=O) groups is 1. The Morgan fingerprint density at radius 2 is 2.04 bits per heavy atom. The summed E-state index contributed by atoms with van der Waals surface area (Å²) in [6.07, 6.45) is 0.772. The zero-order valence-electron chi connectivity index (χ0n) is 14.6. The lowest BCUT2D eigenvalue weighted by molar-refractivity contribution is -0.137. The van der Waals surface area contributed by atoms with Crippen LogP contribution in [0.15, 0.2) is 61.2 Å². The molecule has 6 nitrogen and oxygen atoms in total. The molecule has 0 spiro atoms. The molecule has 28 heavy (non-hydrogen) atoms. The molecule has 0 aliphatic rings. The van der Waals surface area contributed by atoms with Crippen molar-refractivity contribution in [2.75, 3.05) is 12.4 Å². The lowest BCUT2D eigenvalue weighted by Crippen LogP contribution is -2.13. The predicted octanol–water partition coefficient (Wildman–Crippen LogP) is 3.95. The largest absolute Gasteiger partial charge is 0.497 e. The maximum Gasteiger partial charge on any atom is 0.416 e. The summed E-state index contributed by atoms with van der Waals surface area (Å²) in [5.41, 5.74) is 0.0349. The summed E-state index contributed by atoms with van der Waals surface area (Å²) in [6, 6.07) is 9.98. The van der Waals surface area contributed by atoms with Crippen molar-refractivity contribution in [3.8, 4) is 11.4 Å². The van der Waals surface area contributed by atoms with Gasteiger partial charge in [0.25, 0.3) is 0 Å². The number of amides is 1. The smallest absolute Gasteiger partial charge is 0.416 e. The summed E-state index contributed by atoms with van der Waals surface area (Å²) in [5, 5.41) is 6.36. The van der Waals surface area contributed by atoms with Gasteiger partial charge in [0.05, 0.1) is 24.0 Å². The maximum atomic E-state index is 13.0. The highest BCUT2D eigenvalue weighted by atomic mass is 19.4. The SMILES string of the molecule is COc1cccc(/C=C/C(=O)Nc2cc(C(F)(F)F)ccc2-n2cncn2)c1. The number of hydrogen-bond donors (Lipinski definition) is 1. The third-order valence-electron chi connectivity index (χ3n) is 3.77. The van der Waals surface area contributed by atoms with Gasteiger partial charge in [-0.1, -0.05) is 12.1 Å². The van der Waals surface area contributed by atoms with Gasteiger partial charge >= 0.3 is 6.18 Å². The summed E-state index contributed by atoms with van der Waals surface area (Å²) in [4.78, 5) is 16.0. The molecule has 1 N–H and O–H groups in total. The van der Waals surface area contributed by atoms with E-state index in [2.05, 4.69) is 15.4 Å². The number of nitrogens with zero attached hydrogens (tertiary/aromatic N) is 3. The normalized spacial score (nSPS) is 11.6. The number of benzene rings is 2. The summed E-state index contributed by atoms with van der Waals surface area (Å²) >= 11 is 0. The molecule has 3 rings (SSSR count). The van der Waals surface area contributed by atoms with E-state index in [1.54, 1.807) is 24.3 Å². The minimum atomic E-state index is -4.54. The fourth-order valence-electron chi connectivity index (χ4n) is 2.44. The van der Waals surface area contributed by atoms with E-state index in [-0.39, 0.29) is 11.4 Å². The second-order valence-electron chi connectivity index (χ2n) is 5.67. The standard InChI is InChI=1S/C19H15F3N4O2/c1-28-15-4-2-3-13(9-15)5-8-18(27)25-16-10-14(19(20,21)22)6-7-17(16)26-12-23-11-24-26/h2-12H,1H3,(H,25,27)/b8-5+. The second-order valence-corrected chi connectivity index (χ2v) is 5.67. The molecule has 0 aliphatic heterocycles. The van der Waals surface area contributed by atoms with Crippen molar-refractivity contribution in [3.63, 3.8) is 0 Å². The third kappa shape index (κ3) is 4.56. The van der Waals surface area contributed by atoms with Crippen LogP contribution in [0, 0.1) is 0 Å². The van der Waals surface area contributed by atoms with Crippen LogP contribution in [-0.4, -0.2) is 27.8 Å². The van der Waals surface area contributed by atoms with E-state index in [1.807, 2.05) is 0 Å². The van der Waals surface area contributed by atoms with Crippen LogP contribution in [0.2, 0.25) is 0 Å². The van der Waals surface area contributed by atoms with Gasteiger partial charge in [-0.05, 0) is 42.0 Å². The highest BCUT2D eigenvalue weighted by Crippen LogP contribution is 2.33. The fourth-order valence-corrected chi connectivity index (χ4v) is 2.44. The quantitative estimate of drug-likeness (QED) is 0.672. The second kappa shape index (κ2) is 7.95. The minimum Gasteiger partial charge on any atom is -0.497 e. The van der Waals surface area contributed by atoms with Crippen LogP contribution in [0.25, 0.3) is 11.8 Å². The Morgan fingerprint density at radius 3 is 2.71 bits per heavy atom. The van der Waals surface area contributed by atoms with Crippen LogP contribution in [0.3, 0.4) is 0 Å². The van der Waals surface area contributed by atoms with E-state index >= 15 is 0 Å². The zero-order chi connectivity index (χ0) is 20.1. The van der Waals surface area contributed by atoms with Crippen molar-refractivity contribution in [3.05, 3.63) is 72.3 Å². The molecule has 1 amide bonds. The number of carbonyl (C=O) groups excluding carboxylic acids is 1. The Balaban J connectivity index is 1.87. The zero-order valence-corrected chi connectivity index (χ0v) is 14.6. The monoisotopic (exact) mass is 388 g/mol. The number of ether oxygens (including phenoxy) is 1. The van der Waals surface area contributed by atoms with E-state index in [0.717, 1.165) is 12.1 Å². The number of nitrogens with one attached hydrogen (secondary N) is 1. The summed E-state index contributed by atoms with van der Waals surface area (Å²) in [7, 11) is 1.52. The first-order valence-corrected chi connectivity index (χ1v) is 8.06. The molecule has 0 saturated heterocycles. The molecule has 0 fully saturated rings. The summed E-state index contributed by atoms with van der Waals surface area (Å²) < 4.78 is 45.5. The van der Waals surface area contributed by atoms with Crippen LogP contribution in [0.4, 0.5) is 18.9 Å². The first kappa shape index (κ1) is 19.2. The lowest BCUT2D eigenvalue weighted by Gasteiger charge is -2.13. The number of halogens is 3. The predicted molar refractivity (Wildman–Crippen MR) is 97.0 cm³/mol. The minimum absolute atomic E-state index is 0.0411. The molecule has 0 radical (unpaired) electrons. The van der Waals surface area contributed by atoms with Crippen LogP contribution >= 0.6 is 0 Å². The molecular formula is C19H15F3N4O2. The molecule has 0 aliphatic carbocycles. The van der Waals surface area contributed by atoms with Crippen molar-refractivity contribution < 1.29 is 22.7 Å². The highest BCUT2D eigenvalue weighted by molar-refractivity contribution is 6.03. The van der Waals surface area contributed by atoms with E-state index in [1.165, 1.54) is 42.7 Å². The Bertz CT molecular complexity index is 999. The Kier molecular flexibility index (Phi) is 5.44. The third-order valence-corrected chi connectivity index (χ3v) is 3.77. The molecule has 2 aromatic carbocycles. The average molecular weight is 388 g/mol. The van der Waals surface area contributed by atoms with Crippen molar-refractivity contribution >= 4 is 17.7 Å². The van der Waals surface area contributed by atoms with Gasteiger partial charge in [0, 0.05) is 6.08 Å². The molecule has 1 heterocycles. The van der Waals surface area contributed by atoms with E-state index in [9.17, 15) is 18.0 Å². The molecule has 9 heteroatoms. The van der Waals surface area contributed by atoms with Crippen molar-refractivity contribution in [1.82, 2.24) is 14.8 Å². The Hall–Kier alpha value is -3.62. The van der Waals surface area contributed by atoms with Gasteiger partial charge in [0.2, 0.25) is 5.91 Å². The van der Waals surface area contributed by atoms with Crippen LogP contribution < -0.4 is 10.1 Å². The van der Waals surface area contributed by atoms with Gasteiger partial charge in [0.15, 0.2) is 0 Å².